The summed E-state index contributed by atoms with van der Waals surface area (Å²) in [5.41, 5.74) is -1.72. The van der Waals surface area contributed by atoms with Gasteiger partial charge in [0.15, 0.2) is 0 Å². The van der Waals surface area contributed by atoms with Crippen LogP contribution >= 0.6 is 0 Å². The zero-order valence-corrected chi connectivity index (χ0v) is 26.6. The van der Waals surface area contributed by atoms with Gasteiger partial charge in [-0.15, -0.1) is 0 Å². The molecule has 5 unspecified atom stereocenters. The molecular weight excluding hydrogens is 550 g/mol. The van der Waals surface area contributed by atoms with Crippen molar-refractivity contribution < 1.29 is 38.6 Å². The number of aliphatic hydroxyl groups is 2. The Balaban J connectivity index is 1.47. The number of hydrogen-bond donors (Lipinski definition) is 2. The van der Waals surface area contributed by atoms with Crippen molar-refractivity contribution >= 4 is 0 Å². The maximum absolute atomic E-state index is 12.8. The second kappa shape index (κ2) is 10.7. The van der Waals surface area contributed by atoms with Crippen LogP contribution in [0.2, 0.25) is 0 Å². The molecule has 1 aliphatic heterocycles. The minimum Gasteiger partial charge on any atom is -0.392 e. The molecule has 0 aromatic heterocycles. The van der Waals surface area contributed by atoms with Gasteiger partial charge < -0.3 is 38.6 Å². The topological polar surface area (TPSA) is 99.1 Å². The van der Waals surface area contributed by atoms with Crippen LogP contribution in [0.4, 0.5) is 0 Å². The highest BCUT2D eigenvalue weighted by Crippen LogP contribution is 2.80. The molecule has 0 radical (unpaired) electrons. The summed E-state index contributed by atoms with van der Waals surface area (Å²) in [6.45, 7) is 7.20. The second-order valence-corrected chi connectivity index (χ2v) is 14.2. The normalized spacial score (nSPS) is 51.2. The maximum atomic E-state index is 12.8. The van der Waals surface area contributed by atoms with E-state index in [1.54, 1.807) is 21.3 Å². The first-order chi connectivity index (χ1) is 20.8. The van der Waals surface area contributed by atoms with Crippen molar-refractivity contribution in [2.45, 2.75) is 87.5 Å². The Morgan fingerprint density at radius 3 is 2.33 bits per heavy atom. The number of benzene rings is 1. The highest BCUT2D eigenvalue weighted by molar-refractivity contribution is 5.39. The molecule has 14 atom stereocenters. The van der Waals surface area contributed by atoms with Crippen LogP contribution in [-0.4, -0.2) is 118 Å². The van der Waals surface area contributed by atoms with Gasteiger partial charge in [0.05, 0.1) is 49.3 Å². The molecular formula is C34H51NO8. The molecule has 1 heterocycles. The second-order valence-electron chi connectivity index (χ2n) is 14.2. The van der Waals surface area contributed by atoms with Gasteiger partial charge >= 0.3 is 0 Å². The molecule has 1 spiro atoms. The molecule has 5 saturated carbocycles. The molecule has 43 heavy (non-hydrogen) atoms. The summed E-state index contributed by atoms with van der Waals surface area (Å²) in [6.07, 6.45) is -0.350. The average molecular weight is 602 g/mol. The van der Waals surface area contributed by atoms with Crippen LogP contribution in [-0.2, 0) is 35.0 Å². The standard InChI is InChI=1S/C34H51NO8/c1-7-35-18-31(19-38-3)22(36)14-23(39-4)34-21-15-32(37)24(40-5)16-33(43-8-2,26(29(34)35)27(41-6)28(31)34)25(21)30(32)42-17-20-12-10-9-11-13-20/h9-13,21-30,36-37H,7-8,14-19H2,1-6H3/t21?,22-,23+,24+,25?,26?,27+,28?,29-,30-,31+,32+,33-,34?/m1/s1. The van der Waals surface area contributed by atoms with E-state index in [-0.39, 0.29) is 41.9 Å². The van der Waals surface area contributed by atoms with E-state index in [4.69, 9.17) is 28.4 Å². The van der Waals surface area contributed by atoms with Crippen molar-refractivity contribution in [3.05, 3.63) is 35.9 Å². The molecule has 1 aromatic carbocycles. The third-order valence-corrected chi connectivity index (χ3v) is 13.2. The Labute approximate surface area is 256 Å². The molecule has 7 rings (SSSR count). The zero-order valence-electron chi connectivity index (χ0n) is 26.6. The van der Waals surface area contributed by atoms with Crippen LogP contribution in [0.25, 0.3) is 0 Å². The van der Waals surface area contributed by atoms with Crippen molar-refractivity contribution in [3.8, 4) is 0 Å². The highest BCUT2D eigenvalue weighted by Gasteiger charge is 2.89. The van der Waals surface area contributed by atoms with E-state index in [0.29, 0.717) is 39.1 Å². The van der Waals surface area contributed by atoms with Crippen LogP contribution in [0, 0.1) is 34.5 Å². The number of rotatable bonds is 11. The van der Waals surface area contributed by atoms with Gasteiger partial charge in [0.25, 0.3) is 0 Å². The lowest BCUT2D eigenvalue weighted by Crippen LogP contribution is -2.79. The van der Waals surface area contributed by atoms with Crippen molar-refractivity contribution in [3.63, 3.8) is 0 Å². The fourth-order valence-electron chi connectivity index (χ4n) is 12.4. The summed E-state index contributed by atoms with van der Waals surface area (Å²) in [5.74, 6) is -0.170. The van der Waals surface area contributed by atoms with E-state index in [2.05, 4.69) is 30.9 Å². The van der Waals surface area contributed by atoms with Crippen LogP contribution in [0.1, 0.15) is 38.7 Å². The minimum absolute atomic E-state index is 0.000551. The Kier molecular flexibility index (Phi) is 7.60. The molecule has 6 aliphatic rings. The van der Waals surface area contributed by atoms with Crippen LogP contribution in [0.15, 0.2) is 30.3 Å². The maximum Gasteiger partial charge on any atom is 0.118 e. The van der Waals surface area contributed by atoms with Crippen LogP contribution in [0.5, 0.6) is 0 Å². The molecule has 6 fully saturated rings. The molecule has 9 heteroatoms. The van der Waals surface area contributed by atoms with E-state index in [0.717, 1.165) is 18.7 Å². The summed E-state index contributed by atoms with van der Waals surface area (Å²) in [4.78, 5) is 2.57. The Hall–Kier alpha value is -1.14. The molecule has 7 bridgehead atoms. The van der Waals surface area contributed by atoms with Gasteiger partial charge in [0, 0.05) is 89.1 Å². The smallest absolute Gasteiger partial charge is 0.118 e. The quantitative estimate of drug-likeness (QED) is 0.397. The van der Waals surface area contributed by atoms with E-state index in [1.807, 2.05) is 25.3 Å². The predicted molar refractivity (Wildman–Crippen MR) is 158 cm³/mol. The SMILES string of the molecule is CCO[C@]12C[C@H](OC)[C@@]3(O)CC(C1[C@H]3OCc1ccccc1)C13C4[C@@H](OC)C2[C@H]1N(CC)C[C@]4(COC)[C@H](O)C[C@@H]3OC. The Bertz CT molecular complexity index is 1170. The number of piperidine rings is 1. The number of hydrogen-bond acceptors (Lipinski definition) is 9. The molecule has 0 amide bonds. The first kappa shape index (κ1) is 30.5. The van der Waals surface area contributed by atoms with Crippen molar-refractivity contribution in [1.82, 2.24) is 4.90 Å². The average Bonchev–Trinajstić information content (AvgIpc) is 3.39. The third kappa shape index (κ3) is 3.60. The van der Waals surface area contributed by atoms with E-state index < -0.39 is 40.3 Å². The molecule has 9 nitrogen and oxygen atoms in total. The van der Waals surface area contributed by atoms with Crippen molar-refractivity contribution in [2.75, 3.05) is 54.7 Å². The van der Waals surface area contributed by atoms with E-state index in [1.165, 1.54) is 0 Å². The monoisotopic (exact) mass is 601 g/mol. The largest absolute Gasteiger partial charge is 0.392 e. The van der Waals surface area contributed by atoms with Gasteiger partial charge in [0.1, 0.15) is 5.60 Å². The fourth-order valence-corrected chi connectivity index (χ4v) is 12.4. The molecule has 5 aliphatic carbocycles. The number of aliphatic hydroxyl groups excluding tert-OH is 1. The highest BCUT2D eigenvalue weighted by atomic mass is 16.5. The molecule has 1 saturated heterocycles. The zero-order chi connectivity index (χ0) is 30.4. The van der Waals surface area contributed by atoms with Gasteiger partial charge in [-0.3, -0.25) is 4.90 Å². The minimum atomic E-state index is -1.19. The number of likely N-dealkylation sites (tertiary alicyclic amines) is 1. The summed E-state index contributed by atoms with van der Waals surface area (Å²) < 4.78 is 39.3. The number of ether oxygens (including phenoxy) is 6. The Morgan fingerprint density at radius 2 is 1.70 bits per heavy atom. The van der Waals surface area contributed by atoms with E-state index in [9.17, 15) is 10.2 Å². The number of fused-ring (bicyclic) bond motifs is 2. The number of nitrogens with zero attached hydrogens (tertiary/aromatic N) is 1. The summed E-state index contributed by atoms with van der Waals surface area (Å²) in [5, 5.41) is 24.8. The Morgan fingerprint density at radius 1 is 0.953 bits per heavy atom. The first-order valence-corrected chi connectivity index (χ1v) is 16.3. The van der Waals surface area contributed by atoms with Gasteiger partial charge in [-0.05, 0) is 31.4 Å². The van der Waals surface area contributed by atoms with Crippen LogP contribution < -0.4 is 0 Å². The van der Waals surface area contributed by atoms with Gasteiger partial charge in [-0.25, -0.2) is 0 Å². The number of methoxy groups -OCH3 is 4. The van der Waals surface area contributed by atoms with Crippen LogP contribution in [0.3, 0.4) is 0 Å². The first-order valence-electron chi connectivity index (χ1n) is 16.3. The fraction of sp³-hybridized carbons (Fsp3) is 0.824. The molecule has 1 aromatic rings. The summed E-state index contributed by atoms with van der Waals surface area (Å²) in [7, 11) is 7.06. The van der Waals surface area contributed by atoms with Crippen molar-refractivity contribution in [1.29, 1.82) is 0 Å². The summed E-state index contributed by atoms with van der Waals surface area (Å²) >= 11 is 0. The van der Waals surface area contributed by atoms with Gasteiger partial charge in [-0.2, -0.15) is 0 Å². The molecule has 2 N–H and O–H groups in total. The lowest BCUT2D eigenvalue weighted by Gasteiger charge is -2.70. The lowest BCUT2D eigenvalue weighted by atomic mass is 9.42. The van der Waals surface area contributed by atoms with E-state index >= 15 is 0 Å². The molecule has 240 valence electrons. The predicted octanol–water partition coefficient (Wildman–Crippen LogP) is 2.51. The van der Waals surface area contributed by atoms with Crippen molar-refractivity contribution in [2.24, 2.45) is 34.5 Å². The van der Waals surface area contributed by atoms with Gasteiger partial charge in [-0.1, -0.05) is 37.3 Å². The van der Waals surface area contributed by atoms with Gasteiger partial charge in [0.2, 0.25) is 0 Å². The lowest BCUT2D eigenvalue weighted by molar-refractivity contribution is -0.309. The third-order valence-electron chi connectivity index (χ3n) is 13.2. The summed E-state index contributed by atoms with van der Waals surface area (Å²) in [6, 6.07) is 10.3.